The molecular formula is C17H25N3. The fourth-order valence-electron chi connectivity index (χ4n) is 2.42. The molecule has 3 heteroatoms. The molecule has 0 spiro atoms. The molecule has 1 heterocycles. The molecule has 1 N–H and O–H groups in total. The Morgan fingerprint density at radius 1 is 1.25 bits per heavy atom. The summed E-state index contributed by atoms with van der Waals surface area (Å²) in [5.74, 6) is 1.16. The lowest BCUT2D eigenvalue weighted by atomic mass is 10.0. The summed E-state index contributed by atoms with van der Waals surface area (Å²) in [5.41, 5.74) is 4.07. The molecule has 2 aromatic rings. The number of nitrogens with one attached hydrogen (secondary N) is 1. The Hall–Kier alpha value is -1.61. The molecule has 1 aromatic heterocycles. The molecular weight excluding hydrogens is 246 g/mol. The Kier molecular flexibility index (Phi) is 5.36. The van der Waals surface area contributed by atoms with Crippen LogP contribution in [0.15, 0.2) is 30.6 Å². The number of hydrogen-bond acceptors (Lipinski definition) is 2. The lowest BCUT2D eigenvalue weighted by molar-refractivity contribution is 0.646. The molecule has 0 radical (unpaired) electrons. The Bertz CT molecular complexity index is 543. The predicted octanol–water partition coefficient (Wildman–Crippen LogP) is 3.30. The number of imidazole rings is 1. The summed E-state index contributed by atoms with van der Waals surface area (Å²) in [6.07, 6.45) is 6.04. The van der Waals surface area contributed by atoms with Gasteiger partial charge in [0.1, 0.15) is 5.82 Å². The summed E-state index contributed by atoms with van der Waals surface area (Å²) in [7, 11) is 0. The molecule has 0 fully saturated rings. The van der Waals surface area contributed by atoms with Crippen molar-refractivity contribution < 1.29 is 0 Å². The molecule has 0 bridgehead atoms. The van der Waals surface area contributed by atoms with Gasteiger partial charge in [0.15, 0.2) is 0 Å². The van der Waals surface area contributed by atoms with Gasteiger partial charge >= 0.3 is 0 Å². The van der Waals surface area contributed by atoms with E-state index in [1.807, 2.05) is 6.20 Å². The molecule has 3 nitrogen and oxygen atoms in total. The molecule has 0 atom stereocenters. The largest absolute Gasteiger partial charge is 0.335 e. The van der Waals surface area contributed by atoms with E-state index in [-0.39, 0.29) is 0 Å². The number of nitrogens with zero attached hydrogens (tertiary/aromatic N) is 2. The zero-order chi connectivity index (χ0) is 14.4. The van der Waals surface area contributed by atoms with E-state index < -0.39 is 0 Å². The zero-order valence-corrected chi connectivity index (χ0v) is 12.8. The number of aromatic nitrogens is 2. The van der Waals surface area contributed by atoms with Crippen molar-refractivity contribution in [1.82, 2.24) is 14.9 Å². The Labute approximate surface area is 122 Å². The Balaban J connectivity index is 2.17. The highest BCUT2D eigenvalue weighted by Crippen LogP contribution is 2.15. The minimum Gasteiger partial charge on any atom is -0.335 e. The second-order valence-corrected chi connectivity index (χ2v) is 5.25. The maximum atomic E-state index is 4.51. The van der Waals surface area contributed by atoms with Crippen molar-refractivity contribution in [2.24, 2.45) is 0 Å². The van der Waals surface area contributed by atoms with Gasteiger partial charge < -0.3 is 9.88 Å². The predicted molar refractivity (Wildman–Crippen MR) is 83.9 cm³/mol. The van der Waals surface area contributed by atoms with E-state index in [2.05, 4.69) is 60.0 Å². The minimum atomic E-state index is 0.915. The lowest BCUT2D eigenvalue weighted by Gasteiger charge is -2.11. The van der Waals surface area contributed by atoms with Crippen molar-refractivity contribution in [1.29, 1.82) is 0 Å². The second kappa shape index (κ2) is 7.25. The van der Waals surface area contributed by atoms with Gasteiger partial charge in [-0.05, 0) is 36.6 Å². The first-order valence-electron chi connectivity index (χ1n) is 7.53. The van der Waals surface area contributed by atoms with E-state index in [1.165, 1.54) is 16.7 Å². The third-order valence-electron chi connectivity index (χ3n) is 3.61. The van der Waals surface area contributed by atoms with Gasteiger partial charge in [-0.15, -0.1) is 0 Å². The van der Waals surface area contributed by atoms with Gasteiger partial charge in [-0.3, -0.25) is 0 Å². The fraction of sp³-hybridized carbons (Fsp3) is 0.471. The third kappa shape index (κ3) is 3.70. The highest BCUT2D eigenvalue weighted by molar-refractivity contribution is 5.33. The van der Waals surface area contributed by atoms with Crippen LogP contribution in [0.1, 0.15) is 42.8 Å². The maximum Gasteiger partial charge on any atom is 0.113 e. The molecule has 108 valence electrons. The smallest absolute Gasteiger partial charge is 0.113 e. The summed E-state index contributed by atoms with van der Waals surface area (Å²) >= 11 is 0. The third-order valence-corrected chi connectivity index (χ3v) is 3.61. The van der Waals surface area contributed by atoms with Crippen LogP contribution in [0.5, 0.6) is 0 Å². The van der Waals surface area contributed by atoms with Crippen LogP contribution in [-0.2, 0) is 19.5 Å². The Morgan fingerprint density at radius 3 is 2.85 bits per heavy atom. The van der Waals surface area contributed by atoms with Gasteiger partial charge in [-0.25, -0.2) is 4.98 Å². The van der Waals surface area contributed by atoms with E-state index in [1.54, 1.807) is 0 Å². The van der Waals surface area contributed by atoms with Crippen LogP contribution in [0.25, 0.3) is 0 Å². The van der Waals surface area contributed by atoms with Crippen LogP contribution in [0.2, 0.25) is 0 Å². The number of rotatable bonds is 7. The van der Waals surface area contributed by atoms with Crippen LogP contribution in [0.3, 0.4) is 0 Å². The summed E-state index contributed by atoms with van der Waals surface area (Å²) in [5, 5.41) is 3.38. The maximum absolute atomic E-state index is 4.51. The fourth-order valence-corrected chi connectivity index (χ4v) is 2.42. The average molecular weight is 271 g/mol. The first-order valence-corrected chi connectivity index (χ1v) is 7.53. The molecule has 0 saturated heterocycles. The van der Waals surface area contributed by atoms with Crippen LogP contribution >= 0.6 is 0 Å². The van der Waals surface area contributed by atoms with Gasteiger partial charge in [0, 0.05) is 31.9 Å². The van der Waals surface area contributed by atoms with Crippen LogP contribution in [-0.4, -0.2) is 16.1 Å². The highest BCUT2D eigenvalue weighted by atomic mass is 15.1. The van der Waals surface area contributed by atoms with E-state index in [4.69, 9.17) is 0 Å². The molecule has 0 unspecified atom stereocenters. The molecule has 2 rings (SSSR count). The van der Waals surface area contributed by atoms with Crippen molar-refractivity contribution in [3.05, 3.63) is 53.1 Å². The molecule has 0 aliphatic heterocycles. The van der Waals surface area contributed by atoms with Gasteiger partial charge in [0.25, 0.3) is 0 Å². The first kappa shape index (κ1) is 14.8. The molecule has 0 saturated carbocycles. The standard InChI is InChI=1S/C17H25N3/c1-4-9-20-10-8-19-17(20)12-16-11-15(13-18-5-2)7-6-14(16)3/h6-8,10-11,18H,4-5,9,12-13H2,1-3H3. The monoisotopic (exact) mass is 271 g/mol. The highest BCUT2D eigenvalue weighted by Gasteiger charge is 2.07. The van der Waals surface area contributed by atoms with Crippen molar-refractivity contribution in [2.75, 3.05) is 6.54 Å². The van der Waals surface area contributed by atoms with Crippen molar-refractivity contribution in [3.63, 3.8) is 0 Å². The molecule has 0 aliphatic carbocycles. The van der Waals surface area contributed by atoms with E-state index in [9.17, 15) is 0 Å². The molecule has 0 aliphatic rings. The topological polar surface area (TPSA) is 29.9 Å². The van der Waals surface area contributed by atoms with E-state index in [0.29, 0.717) is 0 Å². The molecule has 1 aromatic carbocycles. The number of benzene rings is 1. The van der Waals surface area contributed by atoms with Crippen LogP contribution < -0.4 is 5.32 Å². The lowest BCUT2D eigenvalue weighted by Crippen LogP contribution is -2.12. The molecule has 20 heavy (non-hydrogen) atoms. The zero-order valence-electron chi connectivity index (χ0n) is 12.8. The average Bonchev–Trinajstić information content (AvgIpc) is 2.87. The minimum absolute atomic E-state index is 0.915. The van der Waals surface area contributed by atoms with Gasteiger partial charge in [-0.1, -0.05) is 32.0 Å². The van der Waals surface area contributed by atoms with E-state index in [0.717, 1.165) is 38.3 Å². The first-order chi connectivity index (χ1) is 9.74. The van der Waals surface area contributed by atoms with Crippen molar-refractivity contribution in [3.8, 4) is 0 Å². The molecule has 0 amide bonds. The summed E-state index contributed by atoms with van der Waals surface area (Å²) in [4.78, 5) is 4.51. The van der Waals surface area contributed by atoms with Gasteiger partial charge in [0.05, 0.1) is 0 Å². The van der Waals surface area contributed by atoms with Crippen molar-refractivity contribution in [2.45, 2.75) is 46.7 Å². The van der Waals surface area contributed by atoms with Crippen molar-refractivity contribution >= 4 is 0 Å². The summed E-state index contributed by atoms with van der Waals surface area (Å²) in [6.45, 7) is 9.50. The SMILES string of the molecule is CCCn1ccnc1Cc1cc(CNCC)ccc1C. The van der Waals surface area contributed by atoms with Gasteiger partial charge in [-0.2, -0.15) is 0 Å². The normalized spacial score (nSPS) is 10.9. The second-order valence-electron chi connectivity index (χ2n) is 5.25. The van der Waals surface area contributed by atoms with Gasteiger partial charge in [0.2, 0.25) is 0 Å². The van der Waals surface area contributed by atoms with Crippen LogP contribution in [0, 0.1) is 6.92 Å². The Morgan fingerprint density at radius 2 is 2.10 bits per heavy atom. The summed E-state index contributed by atoms with van der Waals surface area (Å²) < 4.78 is 2.26. The quantitative estimate of drug-likeness (QED) is 0.837. The number of hydrogen-bond donors (Lipinski definition) is 1. The van der Waals surface area contributed by atoms with Crippen LogP contribution in [0.4, 0.5) is 0 Å². The summed E-state index contributed by atoms with van der Waals surface area (Å²) in [6, 6.07) is 6.73. The number of aryl methyl sites for hydroxylation is 2. The van der Waals surface area contributed by atoms with E-state index >= 15 is 0 Å².